The molecular formula is C19H34N4O6. The molecule has 1 heterocycles. The van der Waals surface area contributed by atoms with Crippen molar-refractivity contribution < 1.29 is 29.0 Å². The van der Waals surface area contributed by atoms with Gasteiger partial charge in [0.2, 0.25) is 12.3 Å². The normalized spacial score (nSPS) is 29.5. The lowest BCUT2D eigenvalue weighted by Crippen LogP contribution is -2.44. The molecule has 1 saturated heterocycles. The van der Waals surface area contributed by atoms with Gasteiger partial charge >= 0.3 is 6.03 Å². The lowest BCUT2D eigenvalue weighted by molar-refractivity contribution is -0.257. The summed E-state index contributed by atoms with van der Waals surface area (Å²) in [6, 6.07) is -0.342. The number of hydrogen-bond acceptors (Lipinski definition) is 6. The van der Waals surface area contributed by atoms with E-state index in [0.717, 1.165) is 32.1 Å². The summed E-state index contributed by atoms with van der Waals surface area (Å²) in [5.41, 5.74) is 0. The molecule has 0 bridgehead atoms. The highest BCUT2D eigenvalue weighted by Crippen LogP contribution is 2.29. The van der Waals surface area contributed by atoms with Crippen molar-refractivity contribution in [3.63, 3.8) is 0 Å². The molecule has 0 aromatic rings. The van der Waals surface area contributed by atoms with E-state index in [1.165, 1.54) is 0 Å². The van der Waals surface area contributed by atoms with E-state index in [9.17, 15) is 19.5 Å². The van der Waals surface area contributed by atoms with Gasteiger partial charge in [-0.3, -0.25) is 9.59 Å². The van der Waals surface area contributed by atoms with Crippen LogP contribution in [-0.2, 0) is 19.1 Å². The summed E-state index contributed by atoms with van der Waals surface area (Å²) in [4.78, 5) is 33.9. The van der Waals surface area contributed by atoms with Crippen LogP contribution in [0.1, 0.15) is 45.4 Å². The van der Waals surface area contributed by atoms with Crippen LogP contribution in [0.25, 0.3) is 0 Å². The number of urea groups is 1. The van der Waals surface area contributed by atoms with Gasteiger partial charge in [0.15, 0.2) is 6.29 Å². The predicted octanol–water partition coefficient (Wildman–Crippen LogP) is -0.391. The van der Waals surface area contributed by atoms with Crippen molar-refractivity contribution in [3.05, 3.63) is 0 Å². The van der Waals surface area contributed by atoms with Crippen molar-refractivity contribution in [1.29, 1.82) is 0 Å². The zero-order valence-electron chi connectivity index (χ0n) is 17.0. The van der Waals surface area contributed by atoms with E-state index in [0.29, 0.717) is 39.0 Å². The first-order chi connectivity index (χ1) is 14.0. The lowest BCUT2D eigenvalue weighted by Gasteiger charge is -2.36. The maximum Gasteiger partial charge on any atom is 0.314 e. The largest absolute Gasteiger partial charge is 0.388 e. The first-order valence-electron chi connectivity index (χ1n) is 10.4. The SMILES string of the molecule is C[C@H]1CC[C@H](O)[C@H](OC2CCC(C(=O)NCCNC(=O)NCCNC=O)CC2)O1. The van der Waals surface area contributed by atoms with Crippen LogP contribution < -0.4 is 21.3 Å². The molecule has 3 atom stereocenters. The van der Waals surface area contributed by atoms with E-state index in [4.69, 9.17) is 9.47 Å². The van der Waals surface area contributed by atoms with Crippen molar-refractivity contribution in [1.82, 2.24) is 21.3 Å². The van der Waals surface area contributed by atoms with Gasteiger partial charge in [-0.1, -0.05) is 0 Å². The molecule has 0 radical (unpaired) electrons. The average molecular weight is 415 g/mol. The Morgan fingerprint density at radius 1 is 1.00 bits per heavy atom. The molecule has 0 unspecified atom stereocenters. The number of nitrogens with one attached hydrogen (secondary N) is 4. The number of hydrogen-bond donors (Lipinski definition) is 5. The second-order valence-electron chi connectivity index (χ2n) is 7.62. The van der Waals surface area contributed by atoms with E-state index in [-0.39, 0.29) is 30.1 Å². The Hall–Kier alpha value is -1.91. The molecule has 10 nitrogen and oxygen atoms in total. The molecule has 0 aromatic carbocycles. The van der Waals surface area contributed by atoms with E-state index in [1.54, 1.807) is 0 Å². The maximum atomic E-state index is 12.3. The fourth-order valence-corrected chi connectivity index (χ4v) is 3.58. The van der Waals surface area contributed by atoms with Crippen molar-refractivity contribution in [2.75, 3.05) is 26.2 Å². The molecule has 4 amide bonds. The monoisotopic (exact) mass is 414 g/mol. The minimum absolute atomic E-state index is 0.00284. The second kappa shape index (κ2) is 12.6. The molecule has 1 aliphatic carbocycles. The van der Waals surface area contributed by atoms with Gasteiger partial charge in [0.1, 0.15) is 6.10 Å². The summed E-state index contributed by atoms with van der Waals surface area (Å²) in [6.45, 7) is 3.36. The zero-order valence-corrected chi connectivity index (χ0v) is 17.0. The Kier molecular flexibility index (Phi) is 10.2. The minimum atomic E-state index is -0.585. The fraction of sp³-hybridized carbons (Fsp3) is 0.842. The van der Waals surface area contributed by atoms with E-state index >= 15 is 0 Å². The minimum Gasteiger partial charge on any atom is -0.388 e. The molecule has 5 N–H and O–H groups in total. The number of rotatable bonds is 10. The van der Waals surface area contributed by atoms with Crippen LogP contribution in [0.5, 0.6) is 0 Å². The average Bonchev–Trinajstić information content (AvgIpc) is 2.71. The zero-order chi connectivity index (χ0) is 21.1. The van der Waals surface area contributed by atoms with E-state index in [1.807, 2.05) is 6.92 Å². The summed E-state index contributed by atoms with van der Waals surface area (Å²) in [5, 5.41) is 20.5. The van der Waals surface area contributed by atoms with Gasteiger partial charge in [-0.05, 0) is 45.4 Å². The number of carbonyl (C=O) groups is 3. The van der Waals surface area contributed by atoms with Gasteiger partial charge in [0.25, 0.3) is 0 Å². The third-order valence-electron chi connectivity index (χ3n) is 5.27. The number of aliphatic hydroxyl groups is 1. The number of carbonyl (C=O) groups excluding carboxylic acids is 3. The van der Waals surface area contributed by atoms with Crippen LogP contribution in [0, 0.1) is 5.92 Å². The first kappa shape index (κ1) is 23.4. The standard InChI is InChI=1S/C19H34N4O6/c1-13-2-7-16(25)18(28-13)29-15-5-3-14(4-6-15)17(26)21-10-11-23-19(27)22-9-8-20-12-24/h12-16,18,25H,2-11H2,1H3,(H,20,24)(H,21,26)(H2,22,23,27)/t13-,14?,15?,16-,18-/m0/s1. The van der Waals surface area contributed by atoms with Crippen molar-refractivity contribution in [2.24, 2.45) is 5.92 Å². The van der Waals surface area contributed by atoms with Crippen molar-refractivity contribution in [3.8, 4) is 0 Å². The Morgan fingerprint density at radius 3 is 2.34 bits per heavy atom. The lowest BCUT2D eigenvalue weighted by atomic mass is 9.86. The van der Waals surface area contributed by atoms with Crippen LogP contribution in [0.15, 0.2) is 0 Å². The summed E-state index contributed by atoms with van der Waals surface area (Å²) in [7, 11) is 0. The van der Waals surface area contributed by atoms with Crippen LogP contribution in [0.2, 0.25) is 0 Å². The summed E-state index contributed by atoms with van der Waals surface area (Å²) in [6.07, 6.45) is 4.01. The van der Waals surface area contributed by atoms with Gasteiger partial charge in [-0.2, -0.15) is 0 Å². The summed E-state index contributed by atoms with van der Waals surface area (Å²) < 4.78 is 11.6. The van der Waals surface area contributed by atoms with Crippen molar-refractivity contribution >= 4 is 18.3 Å². The Morgan fingerprint density at radius 2 is 1.66 bits per heavy atom. The molecule has 0 spiro atoms. The predicted molar refractivity (Wildman–Crippen MR) is 105 cm³/mol. The van der Waals surface area contributed by atoms with Gasteiger partial charge in [-0.15, -0.1) is 0 Å². The Labute approximate surface area is 171 Å². The molecular weight excluding hydrogens is 380 g/mol. The number of ether oxygens (including phenoxy) is 2. The number of amides is 4. The highest BCUT2D eigenvalue weighted by Gasteiger charge is 2.33. The van der Waals surface area contributed by atoms with Crippen molar-refractivity contribution in [2.45, 2.75) is 70.1 Å². The number of aliphatic hydroxyl groups excluding tert-OH is 1. The molecule has 166 valence electrons. The smallest absolute Gasteiger partial charge is 0.314 e. The summed E-state index contributed by atoms with van der Waals surface area (Å²) in [5.74, 6) is -0.0716. The van der Waals surface area contributed by atoms with Gasteiger partial charge < -0.3 is 35.8 Å². The molecule has 0 aromatic heterocycles. The molecule has 1 saturated carbocycles. The maximum absolute atomic E-state index is 12.3. The van der Waals surface area contributed by atoms with Crippen LogP contribution in [0.3, 0.4) is 0 Å². The van der Waals surface area contributed by atoms with Crippen LogP contribution >= 0.6 is 0 Å². The molecule has 29 heavy (non-hydrogen) atoms. The third-order valence-corrected chi connectivity index (χ3v) is 5.27. The second-order valence-corrected chi connectivity index (χ2v) is 7.62. The highest BCUT2D eigenvalue weighted by molar-refractivity contribution is 5.79. The fourth-order valence-electron chi connectivity index (χ4n) is 3.58. The quantitative estimate of drug-likeness (QED) is 0.244. The highest BCUT2D eigenvalue weighted by atomic mass is 16.7. The first-order valence-corrected chi connectivity index (χ1v) is 10.4. The summed E-state index contributed by atoms with van der Waals surface area (Å²) >= 11 is 0. The van der Waals surface area contributed by atoms with Gasteiger partial charge in [0, 0.05) is 32.1 Å². The molecule has 2 aliphatic rings. The third kappa shape index (κ3) is 8.55. The van der Waals surface area contributed by atoms with Crippen LogP contribution in [0.4, 0.5) is 4.79 Å². The molecule has 2 fully saturated rings. The molecule has 10 heteroatoms. The molecule has 2 rings (SSSR count). The Balaban J connectivity index is 1.55. The van der Waals surface area contributed by atoms with E-state index < -0.39 is 12.4 Å². The van der Waals surface area contributed by atoms with E-state index in [2.05, 4.69) is 21.3 Å². The van der Waals surface area contributed by atoms with Crippen LogP contribution in [-0.4, -0.2) is 74.2 Å². The Bertz CT molecular complexity index is 527. The topological polar surface area (TPSA) is 138 Å². The van der Waals surface area contributed by atoms with Gasteiger partial charge in [-0.25, -0.2) is 4.79 Å². The van der Waals surface area contributed by atoms with Gasteiger partial charge in [0.05, 0.1) is 12.2 Å². The molecule has 1 aliphatic heterocycles.